The molecule has 0 radical (unpaired) electrons. The Morgan fingerprint density at radius 1 is 0.722 bits per heavy atom. The molecule has 0 aromatic heterocycles. The lowest BCUT2D eigenvalue weighted by Crippen LogP contribution is -2.11. The molecule has 0 saturated carbocycles. The number of carbonyl (C=O) groups is 1. The van der Waals surface area contributed by atoms with Crippen molar-refractivity contribution in [2.24, 2.45) is 0 Å². The standard InChI is InChI=1S/C30H24F3NO2/c1-20(2)29(35)36-28-18-8-23(9-19-28)22-6-14-26(15-7-22)34(25-12-4-21(3)5-13-25)27-16-10-24(11-17-27)30(31,32)33/h4-19H,1H2,2-3H3. The summed E-state index contributed by atoms with van der Waals surface area (Å²) < 4.78 is 44.5. The number of halogens is 3. The van der Waals surface area contributed by atoms with Gasteiger partial charge in [-0.1, -0.05) is 48.5 Å². The number of nitrogens with zero attached hydrogens (tertiary/aromatic N) is 1. The molecule has 0 fully saturated rings. The first-order valence-electron chi connectivity index (χ1n) is 11.2. The van der Waals surface area contributed by atoms with Gasteiger partial charge in [0.2, 0.25) is 0 Å². The van der Waals surface area contributed by atoms with E-state index < -0.39 is 17.7 Å². The molecule has 4 aromatic carbocycles. The van der Waals surface area contributed by atoms with Crippen LogP contribution in [0.15, 0.2) is 109 Å². The van der Waals surface area contributed by atoms with E-state index in [1.54, 1.807) is 19.1 Å². The molecule has 0 aliphatic heterocycles. The minimum atomic E-state index is -4.40. The number of esters is 1. The quantitative estimate of drug-likeness (QED) is 0.155. The third kappa shape index (κ3) is 5.66. The summed E-state index contributed by atoms with van der Waals surface area (Å²) in [6, 6.07) is 27.8. The molecule has 36 heavy (non-hydrogen) atoms. The van der Waals surface area contributed by atoms with Crippen LogP contribution < -0.4 is 9.64 Å². The highest BCUT2D eigenvalue weighted by molar-refractivity contribution is 5.88. The van der Waals surface area contributed by atoms with E-state index in [1.807, 2.05) is 72.5 Å². The highest BCUT2D eigenvalue weighted by Gasteiger charge is 2.30. The Kier molecular flexibility index (Phi) is 6.97. The summed E-state index contributed by atoms with van der Waals surface area (Å²) in [5.74, 6) is -0.0530. The van der Waals surface area contributed by atoms with Crippen LogP contribution in [0, 0.1) is 6.92 Å². The van der Waals surface area contributed by atoms with Crippen LogP contribution in [-0.2, 0) is 11.0 Å². The molecule has 0 atom stereocenters. The topological polar surface area (TPSA) is 29.5 Å². The Labute approximate surface area is 208 Å². The normalized spacial score (nSPS) is 11.1. The van der Waals surface area contributed by atoms with Crippen molar-refractivity contribution in [2.45, 2.75) is 20.0 Å². The molecule has 6 heteroatoms. The first-order valence-corrected chi connectivity index (χ1v) is 11.2. The summed E-state index contributed by atoms with van der Waals surface area (Å²) in [5.41, 5.74) is 4.82. The zero-order chi connectivity index (χ0) is 25.9. The van der Waals surface area contributed by atoms with Crippen LogP contribution in [-0.4, -0.2) is 5.97 Å². The number of hydrogen-bond acceptors (Lipinski definition) is 3. The van der Waals surface area contributed by atoms with Crippen LogP contribution in [0.2, 0.25) is 0 Å². The third-order valence-corrected chi connectivity index (χ3v) is 5.62. The molecule has 4 rings (SSSR count). The first kappa shape index (κ1) is 24.8. The Balaban J connectivity index is 1.64. The largest absolute Gasteiger partial charge is 0.423 e. The first-order chi connectivity index (χ1) is 17.1. The van der Waals surface area contributed by atoms with Crippen LogP contribution in [0.5, 0.6) is 5.75 Å². The number of anilines is 3. The number of rotatable bonds is 6. The summed E-state index contributed by atoms with van der Waals surface area (Å²) in [6.45, 7) is 7.14. The number of carbonyl (C=O) groups excluding carboxylic acids is 1. The maximum atomic E-state index is 13.1. The summed E-state index contributed by atoms with van der Waals surface area (Å²) in [7, 11) is 0. The van der Waals surface area contributed by atoms with E-state index in [4.69, 9.17) is 4.74 Å². The van der Waals surface area contributed by atoms with E-state index >= 15 is 0 Å². The van der Waals surface area contributed by atoms with Gasteiger partial charge in [-0.15, -0.1) is 0 Å². The fourth-order valence-corrected chi connectivity index (χ4v) is 3.65. The smallest absolute Gasteiger partial charge is 0.416 e. The van der Waals surface area contributed by atoms with Crippen LogP contribution >= 0.6 is 0 Å². The minimum absolute atomic E-state index is 0.320. The predicted octanol–water partition coefficient (Wildman–Crippen LogP) is 8.63. The van der Waals surface area contributed by atoms with Crippen molar-refractivity contribution in [3.8, 4) is 16.9 Å². The summed E-state index contributed by atoms with van der Waals surface area (Å²) in [4.78, 5) is 13.6. The van der Waals surface area contributed by atoms with Gasteiger partial charge < -0.3 is 9.64 Å². The Morgan fingerprint density at radius 3 is 1.58 bits per heavy atom. The number of hydrogen-bond donors (Lipinski definition) is 0. The van der Waals surface area contributed by atoms with Crippen LogP contribution in [0.25, 0.3) is 11.1 Å². The molecule has 3 nitrogen and oxygen atoms in total. The molecular formula is C30H24F3NO2. The molecule has 0 aliphatic carbocycles. The van der Waals surface area contributed by atoms with Crippen molar-refractivity contribution < 1.29 is 22.7 Å². The lowest BCUT2D eigenvalue weighted by molar-refractivity contribution is -0.137. The van der Waals surface area contributed by atoms with E-state index in [9.17, 15) is 18.0 Å². The van der Waals surface area contributed by atoms with Gasteiger partial charge in [-0.2, -0.15) is 13.2 Å². The number of alkyl halides is 3. The van der Waals surface area contributed by atoms with Gasteiger partial charge in [0.1, 0.15) is 5.75 Å². The van der Waals surface area contributed by atoms with Gasteiger partial charge in [-0.3, -0.25) is 0 Å². The fraction of sp³-hybridized carbons (Fsp3) is 0.100. The van der Waals surface area contributed by atoms with Gasteiger partial charge in [-0.25, -0.2) is 4.79 Å². The molecule has 0 N–H and O–H groups in total. The lowest BCUT2D eigenvalue weighted by atomic mass is 10.0. The van der Waals surface area contributed by atoms with Crippen molar-refractivity contribution in [2.75, 3.05) is 4.90 Å². The Bertz CT molecular complexity index is 1360. The molecule has 0 unspecified atom stereocenters. The monoisotopic (exact) mass is 487 g/mol. The van der Waals surface area contributed by atoms with Gasteiger partial charge in [-0.05, 0) is 85.6 Å². The SMILES string of the molecule is C=C(C)C(=O)Oc1ccc(-c2ccc(N(c3ccc(C)cc3)c3ccc(C(F)(F)F)cc3)cc2)cc1. The van der Waals surface area contributed by atoms with E-state index in [0.29, 0.717) is 17.0 Å². The molecule has 0 heterocycles. The van der Waals surface area contributed by atoms with E-state index in [1.165, 1.54) is 12.1 Å². The maximum absolute atomic E-state index is 13.1. The predicted molar refractivity (Wildman–Crippen MR) is 137 cm³/mol. The number of benzene rings is 4. The third-order valence-electron chi connectivity index (χ3n) is 5.62. The molecule has 0 bridgehead atoms. The molecule has 4 aromatic rings. The molecule has 0 spiro atoms. The van der Waals surface area contributed by atoms with Gasteiger partial charge in [0, 0.05) is 22.6 Å². The maximum Gasteiger partial charge on any atom is 0.416 e. The average molecular weight is 488 g/mol. The van der Waals surface area contributed by atoms with Crippen molar-refractivity contribution in [3.05, 3.63) is 120 Å². The lowest BCUT2D eigenvalue weighted by Gasteiger charge is -2.26. The molecular weight excluding hydrogens is 463 g/mol. The van der Waals surface area contributed by atoms with E-state index in [2.05, 4.69) is 6.58 Å². The Morgan fingerprint density at radius 2 is 1.14 bits per heavy atom. The van der Waals surface area contributed by atoms with Gasteiger partial charge in [0.25, 0.3) is 0 Å². The zero-order valence-electron chi connectivity index (χ0n) is 19.8. The highest BCUT2D eigenvalue weighted by Crippen LogP contribution is 2.37. The highest BCUT2D eigenvalue weighted by atomic mass is 19.4. The summed E-state index contributed by atoms with van der Waals surface area (Å²) in [5, 5.41) is 0. The van der Waals surface area contributed by atoms with Gasteiger partial charge in [0.05, 0.1) is 5.56 Å². The van der Waals surface area contributed by atoms with E-state index in [0.717, 1.165) is 40.2 Å². The van der Waals surface area contributed by atoms with Crippen molar-refractivity contribution in [1.29, 1.82) is 0 Å². The Hall–Kier alpha value is -4.32. The van der Waals surface area contributed by atoms with Crippen LogP contribution in [0.4, 0.5) is 30.2 Å². The summed E-state index contributed by atoms with van der Waals surface area (Å²) >= 11 is 0. The molecule has 182 valence electrons. The number of ether oxygens (including phenoxy) is 1. The fourth-order valence-electron chi connectivity index (χ4n) is 3.65. The van der Waals surface area contributed by atoms with Crippen molar-refractivity contribution in [3.63, 3.8) is 0 Å². The summed E-state index contributed by atoms with van der Waals surface area (Å²) in [6.07, 6.45) is -4.40. The minimum Gasteiger partial charge on any atom is -0.423 e. The average Bonchev–Trinajstić information content (AvgIpc) is 2.86. The molecule has 0 saturated heterocycles. The second-order valence-electron chi connectivity index (χ2n) is 8.46. The van der Waals surface area contributed by atoms with Crippen LogP contribution in [0.1, 0.15) is 18.1 Å². The number of aryl methyl sites for hydroxylation is 1. The van der Waals surface area contributed by atoms with Crippen molar-refractivity contribution in [1.82, 2.24) is 0 Å². The second kappa shape index (κ2) is 10.1. The molecule has 0 aliphatic rings. The zero-order valence-corrected chi connectivity index (χ0v) is 19.8. The second-order valence-corrected chi connectivity index (χ2v) is 8.46. The van der Waals surface area contributed by atoms with Crippen molar-refractivity contribution >= 4 is 23.0 Å². The van der Waals surface area contributed by atoms with Gasteiger partial charge >= 0.3 is 12.1 Å². The molecule has 0 amide bonds. The van der Waals surface area contributed by atoms with E-state index in [-0.39, 0.29) is 0 Å². The van der Waals surface area contributed by atoms with Crippen LogP contribution in [0.3, 0.4) is 0 Å². The van der Waals surface area contributed by atoms with Gasteiger partial charge in [0.15, 0.2) is 0 Å².